The van der Waals surface area contributed by atoms with E-state index in [1.165, 1.54) is 0 Å². The number of carbonyl (C=O) groups excluding carboxylic acids is 1. The summed E-state index contributed by atoms with van der Waals surface area (Å²) in [5.74, 6) is 1.54. The number of rotatable bonds is 5. The summed E-state index contributed by atoms with van der Waals surface area (Å²) in [5.41, 5.74) is 0. The lowest BCUT2D eigenvalue weighted by atomic mass is 10.1. The molecule has 0 aliphatic carbocycles. The molecule has 0 aromatic heterocycles. The van der Waals surface area contributed by atoms with Gasteiger partial charge in [-0.25, -0.2) is 0 Å². The van der Waals surface area contributed by atoms with E-state index in [0.717, 1.165) is 45.0 Å². The van der Waals surface area contributed by atoms with E-state index in [1.54, 1.807) is 0 Å². The molecule has 0 spiro atoms. The lowest BCUT2D eigenvalue weighted by molar-refractivity contribution is -0.133. The molecule has 0 radical (unpaired) electrons. The highest BCUT2D eigenvalue weighted by molar-refractivity contribution is 5.76. The number of para-hydroxylation sites is 1. The van der Waals surface area contributed by atoms with Crippen molar-refractivity contribution < 1.29 is 24.2 Å². The van der Waals surface area contributed by atoms with Crippen molar-refractivity contribution in [2.45, 2.75) is 18.9 Å². The van der Waals surface area contributed by atoms with Gasteiger partial charge in [0.05, 0.1) is 25.9 Å². The van der Waals surface area contributed by atoms with Crippen LogP contribution in [0.5, 0.6) is 5.75 Å². The van der Waals surface area contributed by atoms with Crippen molar-refractivity contribution in [2.24, 2.45) is 5.92 Å². The molecule has 2 atom stereocenters. The zero-order valence-corrected chi connectivity index (χ0v) is 15.3. The monoisotopic (exact) mass is 364 g/mol. The Kier molecular flexibility index (Phi) is 8.37. The first-order chi connectivity index (χ1) is 12.6. The second-order valence-corrected chi connectivity index (χ2v) is 6.67. The van der Waals surface area contributed by atoms with Gasteiger partial charge >= 0.3 is 0 Å². The molecule has 0 unspecified atom stereocenters. The number of carboxylic acid groups (broad SMARTS) is 1. The van der Waals surface area contributed by atoms with Gasteiger partial charge in [0.2, 0.25) is 5.91 Å². The van der Waals surface area contributed by atoms with Crippen LogP contribution >= 0.6 is 0 Å². The van der Waals surface area contributed by atoms with Crippen LogP contribution in [0.15, 0.2) is 30.3 Å². The van der Waals surface area contributed by atoms with Crippen LogP contribution in [0.2, 0.25) is 0 Å². The van der Waals surface area contributed by atoms with Crippen LogP contribution in [-0.2, 0) is 14.3 Å². The molecule has 7 heteroatoms. The van der Waals surface area contributed by atoms with E-state index >= 15 is 0 Å². The number of amides is 1. The Balaban J connectivity index is 0.000000758. The topological polar surface area (TPSA) is 79.3 Å². The summed E-state index contributed by atoms with van der Waals surface area (Å²) in [5, 5.41) is 6.89. The molecule has 144 valence electrons. The van der Waals surface area contributed by atoms with Crippen LogP contribution in [0.25, 0.3) is 0 Å². The summed E-state index contributed by atoms with van der Waals surface area (Å²) in [6.45, 7) is 4.45. The van der Waals surface area contributed by atoms with E-state index in [2.05, 4.69) is 11.9 Å². The second kappa shape index (κ2) is 10.8. The van der Waals surface area contributed by atoms with Crippen molar-refractivity contribution >= 4 is 12.4 Å². The molecule has 2 aliphatic heterocycles. The van der Waals surface area contributed by atoms with E-state index < -0.39 is 0 Å². The van der Waals surface area contributed by atoms with E-state index in [1.807, 2.05) is 35.2 Å². The third-order valence-electron chi connectivity index (χ3n) is 4.64. The molecule has 2 heterocycles. The molecule has 1 N–H and O–H groups in total. The number of nitrogens with zero attached hydrogens (tertiary/aromatic N) is 2. The van der Waals surface area contributed by atoms with Crippen LogP contribution in [-0.4, -0.2) is 79.8 Å². The Bertz CT molecular complexity index is 554. The summed E-state index contributed by atoms with van der Waals surface area (Å²) >= 11 is 0. The lowest BCUT2D eigenvalue weighted by Gasteiger charge is -2.29. The summed E-state index contributed by atoms with van der Waals surface area (Å²) in [6.07, 6.45) is 1.31. The average Bonchev–Trinajstić information content (AvgIpc) is 2.88. The predicted molar refractivity (Wildman–Crippen MR) is 97.2 cm³/mol. The number of likely N-dealkylation sites (N-methyl/N-ethyl adjacent to an activating group) is 1. The molecular formula is C19H28N2O5. The molecule has 0 saturated carbocycles. The number of ether oxygens (including phenoxy) is 2. The standard InChI is InChI=1S/C18H26N2O3.CH2O2/c1-19-10-15-11-20(12-16(19)14-22-13-15)18(21)8-5-9-23-17-6-3-2-4-7-17;2-1-3/h2-4,6-7,15-16H,5,8-14H2,1H3;1H,(H,2,3)/t15-,16+;/m1./s1. The first kappa shape index (κ1) is 20.2. The van der Waals surface area contributed by atoms with Crippen LogP contribution in [0.3, 0.4) is 0 Å². The minimum Gasteiger partial charge on any atom is -0.494 e. The minimum absolute atomic E-state index is 0.244. The fourth-order valence-electron chi connectivity index (χ4n) is 3.34. The fraction of sp³-hybridized carbons (Fsp3) is 0.579. The van der Waals surface area contributed by atoms with Crippen molar-refractivity contribution in [3.05, 3.63) is 30.3 Å². The lowest BCUT2D eigenvalue weighted by Crippen LogP contribution is -2.44. The van der Waals surface area contributed by atoms with Crippen molar-refractivity contribution in [1.82, 2.24) is 9.80 Å². The van der Waals surface area contributed by atoms with Gasteiger partial charge in [-0.2, -0.15) is 0 Å². The molecule has 2 bridgehead atoms. The summed E-state index contributed by atoms with van der Waals surface area (Å²) in [4.78, 5) is 25.2. The number of carbonyl (C=O) groups is 2. The number of hydrogen-bond acceptors (Lipinski definition) is 5. The molecule has 26 heavy (non-hydrogen) atoms. The maximum Gasteiger partial charge on any atom is 0.290 e. The van der Waals surface area contributed by atoms with Gasteiger partial charge in [-0.1, -0.05) is 18.2 Å². The molecule has 1 amide bonds. The van der Waals surface area contributed by atoms with Gasteiger partial charge in [-0.15, -0.1) is 0 Å². The molecule has 2 aliphatic rings. The zero-order valence-electron chi connectivity index (χ0n) is 15.3. The molecule has 7 nitrogen and oxygen atoms in total. The maximum atomic E-state index is 12.5. The Morgan fingerprint density at radius 2 is 2.00 bits per heavy atom. The molecule has 3 rings (SSSR count). The zero-order chi connectivity index (χ0) is 18.8. The fourth-order valence-corrected chi connectivity index (χ4v) is 3.34. The molecule has 1 aromatic rings. The van der Waals surface area contributed by atoms with Crippen molar-refractivity contribution in [2.75, 3.05) is 46.5 Å². The van der Waals surface area contributed by atoms with Gasteiger partial charge in [-0.3, -0.25) is 14.5 Å². The molecular weight excluding hydrogens is 336 g/mol. The Morgan fingerprint density at radius 1 is 1.27 bits per heavy atom. The van der Waals surface area contributed by atoms with Gasteiger partial charge in [0.25, 0.3) is 6.47 Å². The van der Waals surface area contributed by atoms with Crippen LogP contribution in [0.1, 0.15) is 12.8 Å². The predicted octanol–water partition coefficient (Wildman–Crippen LogP) is 1.34. The maximum absolute atomic E-state index is 12.5. The third-order valence-corrected chi connectivity index (χ3v) is 4.64. The smallest absolute Gasteiger partial charge is 0.290 e. The highest BCUT2D eigenvalue weighted by Gasteiger charge is 2.32. The molecule has 2 fully saturated rings. The van der Waals surface area contributed by atoms with Crippen LogP contribution in [0, 0.1) is 5.92 Å². The van der Waals surface area contributed by atoms with Gasteiger partial charge in [0, 0.05) is 32.0 Å². The van der Waals surface area contributed by atoms with Gasteiger partial charge < -0.3 is 19.5 Å². The number of benzene rings is 1. The van der Waals surface area contributed by atoms with Crippen molar-refractivity contribution in [3.63, 3.8) is 0 Å². The second-order valence-electron chi connectivity index (χ2n) is 6.67. The largest absolute Gasteiger partial charge is 0.494 e. The van der Waals surface area contributed by atoms with E-state index in [0.29, 0.717) is 25.0 Å². The number of fused-ring (bicyclic) bond motifs is 3. The number of hydrogen-bond donors (Lipinski definition) is 1. The van der Waals surface area contributed by atoms with Crippen LogP contribution < -0.4 is 4.74 Å². The SMILES string of the molecule is CN1C[C@H]2COC[C@@H]1CN(C(=O)CCCOc1ccccc1)C2.O=CO. The summed E-state index contributed by atoms with van der Waals surface area (Å²) < 4.78 is 11.4. The Hall–Kier alpha value is -2.12. The third kappa shape index (κ3) is 6.31. The summed E-state index contributed by atoms with van der Waals surface area (Å²) in [6, 6.07) is 10.1. The average molecular weight is 364 g/mol. The van der Waals surface area contributed by atoms with E-state index in [9.17, 15) is 4.79 Å². The minimum atomic E-state index is -0.250. The summed E-state index contributed by atoms with van der Waals surface area (Å²) in [7, 11) is 2.13. The highest BCUT2D eigenvalue weighted by Crippen LogP contribution is 2.19. The van der Waals surface area contributed by atoms with Gasteiger partial charge in [0.1, 0.15) is 5.75 Å². The van der Waals surface area contributed by atoms with Gasteiger partial charge in [0.15, 0.2) is 0 Å². The van der Waals surface area contributed by atoms with Crippen molar-refractivity contribution in [1.29, 1.82) is 0 Å². The van der Waals surface area contributed by atoms with E-state index in [-0.39, 0.29) is 12.4 Å². The van der Waals surface area contributed by atoms with Crippen molar-refractivity contribution in [3.8, 4) is 5.75 Å². The van der Waals surface area contributed by atoms with Crippen LogP contribution in [0.4, 0.5) is 0 Å². The Labute approximate surface area is 154 Å². The van der Waals surface area contributed by atoms with Gasteiger partial charge in [-0.05, 0) is 25.6 Å². The quantitative estimate of drug-likeness (QED) is 0.627. The molecule has 1 aromatic carbocycles. The Morgan fingerprint density at radius 3 is 2.73 bits per heavy atom. The highest BCUT2D eigenvalue weighted by atomic mass is 16.5. The normalized spacial score (nSPS) is 22.6. The van der Waals surface area contributed by atoms with E-state index in [4.69, 9.17) is 19.4 Å². The first-order valence-corrected chi connectivity index (χ1v) is 8.95. The molecule has 2 saturated heterocycles. The first-order valence-electron chi connectivity index (χ1n) is 8.95.